The molecule has 2 nitrogen and oxygen atoms in total. The molecule has 2 rings (SSSR count). The van der Waals surface area contributed by atoms with Crippen molar-refractivity contribution in [3.05, 3.63) is 35.1 Å². The fraction of sp³-hybridized carbons (Fsp3) is 0.571. The smallest absolute Gasteiger partial charge is 0.161 e. The predicted octanol–water partition coefficient (Wildman–Crippen LogP) is 3.23. The molecular weight excluding hydrogens is 289 g/mol. The number of likely N-dealkylation sites (tertiary alicyclic amines) is 1. The van der Waals surface area contributed by atoms with Crippen LogP contribution in [-0.2, 0) is 6.54 Å². The normalized spacial score (nSPS) is 19.7. The number of rotatable bonds is 4. The molecule has 0 amide bonds. The van der Waals surface area contributed by atoms with Crippen LogP contribution in [0.5, 0.6) is 0 Å². The molecule has 20 heavy (non-hydrogen) atoms. The molecule has 0 aliphatic carbocycles. The van der Waals surface area contributed by atoms with Gasteiger partial charge in [0.1, 0.15) is 5.82 Å². The minimum Gasteiger partial charge on any atom is -0.330 e. The van der Waals surface area contributed by atoms with Crippen LogP contribution in [0.3, 0.4) is 0 Å². The molecule has 0 spiro atoms. The number of piperidine rings is 1. The van der Waals surface area contributed by atoms with E-state index >= 15 is 0 Å². The molecule has 2 N–H and O–H groups in total. The van der Waals surface area contributed by atoms with Crippen LogP contribution >= 0.6 is 12.4 Å². The highest BCUT2D eigenvalue weighted by Crippen LogP contribution is 2.23. The molecular formula is C14H20ClF3N2. The molecule has 114 valence electrons. The monoisotopic (exact) mass is 308 g/mol. The van der Waals surface area contributed by atoms with Crippen molar-refractivity contribution in [2.24, 2.45) is 5.73 Å². The summed E-state index contributed by atoms with van der Waals surface area (Å²) in [4.78, 5) is 2.12. The van der Waals surface area contributed by atoms with Crippen LogP contribution in [0.25, 0.3) is 0 Å². The Morgan fingerprint density at radius 1 is 1.10 bits per heavy atom. The van der Waals surface area contributed by atoms with E-state index in [2.05, 4.69) is 4.90 Å². The summed E-state index contributed by atoms with van der Waals surface area (Å²) in [6, 6.07) is 1.89. The second-order valence-electron chi connectivity index (χ2n) is 5.06. The fourth-order valence-electron chi connectivity index (χ4n) is 2.69. The van der Waals surface area contributed by atoms with Gasteiger partial charge in [0.2, 0.25) is 0 Å². The highest BCUT2D eigenvalue weighted by atomic mass is 35.5. The maximum Gasteiger partial charge on any atom is 0.161 e. The molecule has 1 heterocycles. The molecule has 1 aliphatic rings. The van der Waals surface area contributed by atoms with Crippen molar-refractivity contribution in [2.45, 2.75) is 38.3 Å². The van der Waals surface area contributed by atoms with Gasteiger partial charge in [-0.3, -0.25) is 4.90 Å². The molecule has 0 aromatic heterocycles. The second-order valence-corrected chi connectivity index (χ2v) is 5.06. The van der Waals surface area contributed by atoms with E-state index in [1.807, 2.05) is 0 Å². The first-order chi connectivity index (χ1) is 9.11. The Labute approximate surface area is 123 Å². The van der Waals surface area contributed by atoms with Crippen LogP contribution in [0.1, 0.15) is 31.2 Å². The molecule has 0 saturated carbocycles. The van der Waals surface area contributed by atoms with Gasteiger partial charge in [-0.15, -0.1) is 12.4 Å². The highest BCUT2D eigenvalue weighted by molar-refractivity contribution is 5.85. The third-order valence-electron chi connectivity index (χ3n) is 3.71. The molecule has 1 saturated heterocycles. The summed E-state index contributed by atoms with van der Waals surface area (Å²) in [5.74, 6) is -2.82. The van der Waals surface area contributed by atoms with E-state index < -0.39 is 17.5 Å². The van der Waals surface area contributed by atoms with E-state index in [1.54, 1.807) is 0 Å². The topological polar surface area (TPSA) is 29.3 Å². The van der Waals surface area contributed by atoms with Crippen LogP contribution in [0.4, 0.5) is 13.2 Å². The molecule has 1 atom stereocenters. The predicted molar refractivity (Wildman–Crippen MR) is 75.3 cm³/mol. The summed E-state index contributed by atoms with van der Waals surface area (Å²) in [7, 11) is 0. The number of hydrogen-bond acceptors (Lipinski definition) is 2. The lowest BCUT2D eigenvalue weighted by atomic mass is 9.98. The van der Waals surface area contributed by atoms with Crippen molar-refractivity contribution in [1.82, 2.24) is 4.90 Å². The fourth-order valence-corrected chi connectivity index (χ4v) is 2.69. The first-order valence-electron chi connectivity index (χ1n) is 6.69. The van der Waals surface area contributed by atoms with Gasteiger partial charge in [0, 0.05) is 24.2 Å². The van der Waals surface area contributed by atoms with Gasteiger partial charge < -0.3 is 5.73 Å². The molecule has 0 radical (unpaired) electrons. The van der Waals surface area contributed by atoms with Gasteiger partial charge in [0.15, 0.2) is 11.6 Å². The van der Waals surface area contributed by atoms with Gasteiger partial charge in [0.05, 0.1) is 0 Å². The maximum absolute atomic E-state index is 13.6. The van der Waals surface area contributed by atoms with Crippen molar-refractivity contribution in [2.75, 3.05) is 13.1 Å². The van der Waals surface area contributed by atoms with Crippen molar-refractivity contribution in [1.29, 1.82) is 0 Å². The summed E-state index contributed by atoms with van der Waals surface area (Å²) in [6.45, 7) is 1.75. The Hall–Kier alpha value is -0.780. The van der Waals surface area contributed by atoms with E-state index in [0.29, 0.717) is 25.2 Å². The van der Waals surface area contributed by atoms with Gasteiger partial charge in [-0.1, -0.05) is 6.42 Å². The average Bonchev–Trinajstić information content (AvgIpc) is 2.38. The Morgan fingerprint density at radius 3 is 2.50 bits per heavy atom. The van der Waals surface area contributed by atoms with E-state index in [0.717, 1.165) is 38.3 Å². The zero-order chi connectivity index (χ0) is 13.8. The highest BCUT2D eigenvalue weighted by Gasteiger charge is 2.23. The van der Waals surface area contributed by atoms with Gasteiger partial charge in [0.25, 0.3) is 0 Å². The third kappa shape index (κ3) is 4.11. The Bertz CT molecular complexity index is 441. The van der Waals surface area contributed by atoms with Crippen molar-refractivity contribution >= 4 is 12.4 Å². The zero-order valence-corrected chi connectivity index (χ0v) is 12.1. The van der Waals surface area contributed by atoms with Crippen molar-refractivity contribution < 1.29 is 13.2 Å². The maximum atomic E-state index is 13.6. The average molecular weight is 309 g/mol. The van der Waals surface area contributed by atoms with Crippen molar-refractivity contribution in [3.63, 3.8) is 0 Å². The third-order valence-corrected chi connectivity index (χ3v) is 3.71. The largest absolute Gasteiger partial charge is 0.330 e. The first kappa shape index (κ1) is 17.3. The number of nitrogens with zero attached hydrogens (tertiary/aromatic N) is 1. The molecule has 1 aromatic rings. The Kier molecular flexibility index (Phi) is 6.79. The van der Waals surface area contributed by atoms with Crippen molar-refractivity contribution in [3.8, 4) is 0 Å². The number of nitrogens with two attached hydrogens (primary N) is 1. The molecule has 1 aromatic carbocycles. The first-order valence-corrected chi connectivity index (χ1v) is 6.69. The van der Waals surface area contributed by atoms with E-state index in [4.69, 9.17) is 5.73 Å². The zero-order valence-electron chi connectivity index (χ0n) is 11.2. The molecule has 0 bridgehead atoms. The van der Waals surface area contributed by atoms with Crippen LogP contribution in [-0.4, -0.2) is 24.0 Å². The minimum absolute atomic E-state index is 0. The van der Waals surface area contributed by atoms with Gasteiger partial charge in [-0.2, -0.15) is 0 Å². The lowest BCUT2D eigenvalue weighted by molar-refractivity contribution is 0.132. The Morgan fingerprint density at radius 2 is 1.80 bits per heavy atom. The number of benzene rings is 1. The van der Waals surface area contributed by atoms with Crippen LogP contribution in [0.15, 0.2) is 12.1 Å². The van der Waals surface area contributed by atoms with Gasteiger partial charge in [-0.05, 0) is 38.4 Å². The lowest BCUT2D eigenvalue weighted by Crippen LogP contribution is -2.40. The second kappa shape index (κ2) is 7.86. The number of halogens is 4. The summed E-state index contributed by atoms with van der Waals surface area (Å²) in [5, 5.41) is 0. The van der Waals surface area contributed by atoms with Crippen LogP contribution in [0.2, 0.25) is 0 Å². The standard InChI is InChI=1S/C14H19F3N2.ClH/c15-12-8-14(17)13(16)7-10(12)9-19-6-2-1-3-11(19)4-5-18;/h7-8,11H,1-6,9,18H2;1H. The van der Waals surface area contributed by atoms with Crippen LogP contribution in [0, 0.1) is 17.5 Å². The quantitative estimate of drug-likeness (QED) is 0.865. The van der Waals surface area contributed by atoms with E-state index in [1.165, 1.54) is 0 Å². The van der Waals surface area contributed by atoms with E-state index in [9.17, 15) is 13.2 Å². The lowest BCUT2D eigenvalue weighted by Gasteiger charge is -2.35. The van der Waals surface area contributed by atoms with E-state index in [-0.39, 0.29) is 18.0 Å². The summed E-state index contributed by atoms with van der Waals surface area (Å²) in [6.07, 6.45) is 4.07. The van der Waals surface area contributed by atoms with Gasteiger partial charge >= 0.3 is 0 Å². The minimum atomic E-state index is -1.14. The summed E-state index contributed by atoms with van der Waals surface area (Å²) < 4.78 is 39.7. The SMILES string of the molecule is Cl.NCCC1CCCCN1Cc1cc(F)c(F)cc1F. The molecule has 6 heteroatoms. The molecule has 1 fully saturated rings. The molecule has 1 aliphatic heterocycles. The summed E-state index contributed by atoms with van der Waals surface area (Å²) in [5.41, 5.74) is 5.79. The van der Waals surface area contributed by atoms with Crippen LogP contribution < -0.4 is 5.73 Å². The Balaban J connectivity index is 0.00000200. The summed E-state index contributed by atoms with van der Waals surface area (Å²) >= 11 is 0. The number of hydrogen-bond donors (Lipinski definition) is 1. The van der Waals surface area contributed by atoms with Gasteiger partial charge in [-0.25, -0.2) is 13.2 Å². The molecule has 1 unspecified atom stereocenters.